The summed E-state index contributed by atoms with van der Waals surface area (Å²) in [5, 5.41) is 8.77. The first kappa shape index (κ1) is 13.5. The summed E-state index contributed by atoms with van der Waals surface area (Å²) in [6.07, 6.45) is -0.0344. The third kappa shape index (κ3) is 2.56. The second-order valence-electron chi connectivity index (χ2n) is 5.22. The van der Waals surface area contributed by atoms with E-state index in [1.165, 1.54) is 0 Å². The van der Waals surface area contributed by atoms with E-state index in [4.69, 9.17) is 20.1 Å². The van der Waals surface area contributed by atoms with E-state index < -0.39 is 24.3 Å². The quantitative estimate of drug-likeness (QED) is 0.699. The maximum absolute atomic E-state index is 10.7. The van der Waals surface area contributed by atoms with Gasteiger partial charge in [-0.25, -0.2) is 0 Å². The fraction of sp³-hybridized carbons (Fsp3) is 0.900. The Morgan fingerprint density at radius 1 is 1.31 bits per heavy atom. The highest BCUT2D eigenvalue weighted by atomic mass is 16.7. The minimum absolute atomic E-state index is 0.0344. The van der Waals surface area contributed by atoms with Crippen molar-refractivity contribution >= 4 is 13.1 Å². The maximum atomic E-state index is 10.7. The lowest BCUT2D eigenvalue weighted by molar-refractivity contribution is -0.137. The fourth-order valence-electron chi connectivity index (χ4n) is 1.60. The van der Waals surface area contributed by atoms with Crippen LogP contribution >= 0.6 is 0 Å². The Hall–Kier alpha value is -0.585. The predicted molar refractivity (Wildman–Crippen MR) is 61.1 cm³/mol. The van der Waals surface area contributed by atoms with E-state index in [1.54, 1.807) is 0 Å². The molecule has 5 nitrogen and oxygen atoms in total. The third-order valence-electron chi connectivity index (χ3n) is 3.40. The summed E-state index contributed by atoms with van der Waals surface area (Å²) in [6.45, 7) is 7.97. The molecule has 3 N–H and O–H groups in total. The van der Waals surface area contributed by atoms with E-state index in [1.807, 2.05) is 27.7 Å². The van der Waals surface area contributed by atoms with Crippen LogP contribution < -0.4 is 5.73 Å². The average molecular weight is 229 g/mol. The lowest BCUT2D eigenvalue weighted by Crippen LogP contribution is -2.41. The summed E-state index contributed by atoms with van der Waals surface area (Å²) in [7, 11) is -0.536. The Bertz CT molecular complexity index is 264. The van der Waals surface area contributed by atoms with Crippen LogP contribution in [0, 0.1) is 0 Å². The molecule has 0 bridgehead atoms. The molecule has 1 unspecified atom stereocenters. The molecule has 1 saturated heterocycles. The molecule has 16 heavy (non-hydrogen) atoms. The number of carboxylic acids is 1. The van der Waals surface area contributed by atoms with Gasteiger partial charge in [-0.05, 0) is 34.2 Å². The molecule has 1 heterocycles. The summed E-state index contributed by atoms with van der Waals surface area (Å²) in [5.41, 5.74) is 4.67. The minimum Gasteiger partial charge on any atom is -0.481 e. The van der Waals surface area contributed by atoms with Crippen molar-refractivity contribution in [3.05, 3.63) is 0 Å². The van der Waals surface area contributed by atoms with Crippen molar-refractivity contribution in [2.75, 3.05) is 6.54 Å². The number of carbonyl (C=O) groups is 1. The van der Waals surface area contributed by atoms with Crippen molar-refractivity contribution < 1.29 is 19.2 Å². The Morgan fingerprint density at radius 3 is 2.06 bits per heavy atom. The van der Waals surface area contributed by atoms with Crippen LogP contribution in [0.2, 0.25) is 5.82 Å². The topological polar surface area (TPSA) is 81.8 Å². The molecule has 0 aromatic carbocycles. The van der Waals surface area contributed by atoms with E-state index in [0.717, 1.165) is 0 Å². The first-order valence-corrected chi connectivity index (χ1v) is 5.47. The highest BCUT2D eigenvalue weighted by Gasteiger charge is 2.53. The van der Waals surface area contributed by atoms with Crippen LogP contribution in [0.4, 0.5) is 0 Å². The van der Waals surface area contributed by atoms with Crippen LogP contribution in [-0.4, -0.2) is 35.9 Å². The zero-order chi connectivity index (χ0) is 12.6. The number of rotatable bonds is 4. The normalized spacial score (nSPS) is 24.4. The van der Waals surface area contributed by atoms with Gasteiger partial charge in [-0.3, -0.25) is 4.79 Å². The van der Waals surface area contributed by atoms with Crippen LogP contribution in [-0.2, 0) is 14.1 Å². The van der Waals surface area contributed by atoms with Crippen LogP contribution in [0.1, 0.15) is 34.1 Å². The van der Waals surface area contributed by atoms with Gasteiger partial charge in [-0.1, -0.05) is 0 Å². The van der Waals surface area contributed by atoms with Crippen LogP contribution in [0.5, 0.6) is 0 Å². The lowest BCUT2D eigenvalue weighted by Gasteiger charge is -2.32. The molecule has 0 aromatic rings. The van der Waals surface area contributed by atoms with Gasteiger partial charge in [0.15, 0.2) is 0 Å². The van der Waals surface area contributed by atoms with Crippen molar-refractivity contribution in [2.45, 2.75) is 51.1 Å². The van der Waals surface area contributed by atoms with Gasteiger partial charge in [0, 0.05) is 12.2 Å². The van der Waals surface area contributed by atoms with Gasteiger partial charge in [-0.15, -0.1) is 0 Å². The van der Waals surface area contributed by atoms with Crippen molar-refractivity contribution in [3.63, 3.8) is 0 Å². The first-order valence-electron chi connectivity index (χ1n) is 5.47. The summed E-state index contributed by atoms with van der Waals surface area (Å²) in [6, 6.07) is 0. The van der Waals surface area contributed by atoms with E-state index in [9.17, 15) is 4.79 Å². The van der Waals surface area contributed by atoms with Gasteiger partial charge >= 0.3 is 13.1 Å². The van der Waals surface area contributed by atoms with Gasteiger partial charge in [0.2, 0.25) is 0 Å². The molecular weight excluding hydrogens is 209 g/mol. The molecule has 0 amide bonds. The third-order valence-corrected chi connectivity index (χ3v) is 3.40. The first-order chi connectivity index (χ1) is 7.19. The summed E-state index contributed by atoms with van der Waals surface area (Å²) in [4.78, 5) is 10.7. The van der Waals surface area contributed by atoms with Gasteiger partial charge in [0.1, 0.15) is 0 Å². The van der Waals surface area contributed by atoms with Gasteiger partial charge in [0.05, 0.1) is 11.2 Å². The number of aliphatic carboxylic acids is 1. The summed E-state index contributed by atoms with van der Waals surface area (Å²) in [5.74, 6) is -1.19. The molecule has 0 aliphatic carbocycles. The summed E-state index contributed by atoms with van der Waals surface area (Å²) < 4.78 is 11.5. The molecule has 1 aliphatic heterocycles. The van der Waals surface area contributed by atoms with Gasteiger partial charge in [0.25, 0.3) is 0 Å². The predicted octanol–water partition coefficient (Wildman–Crippen LogP) is 0.882. The van der Waals surface area contributed by atoms with E-state index in [2.05, 4.69) is 0 Å². The number of hydrogen-bond acceptors (Lipinski definition) is 4. The van der Waals surface area contributed by atoms with Crippen LogP contribution in [0.25, 0.3) is 0 Å². The fourth-order valence-corrected chi connectivity index (χ4v) is 1.60. The minimum atomic E-state index is -0.884. The maximum Gasteiger partial charge on any atom is 0.463 e. The number of nitrogens with two attached hydrogens (primary N) is 1. The molecule has 92 valence electrons. The second kappa shape index (κ2) is 4.35. The van der Waals surface area contributed by atoms with Crippen LogP contribution in [0.15, 0.2) is 0 Å². The molecule has 1 rings (SSSR count). The highest BCUT2D eigenvalue weighted by Crippen LogP contribution is 2.40. The number of hydrogen-bond donors (Lipinski definition) is 2. The van der Waals surface area contributed by atoms with E-state index >= 15 is 0 Å². The zero-order valence-corrected chi connectivity index (χ0v) is 10.3. The van der Waals surface area contributed by atoms with Crippen molar-refractivity contribution in [3.8, 4) is 0 Å². The average Bonchev–Trinajstić information content (AvgIpc) is 2.31. The van der Waals surface area contributed by atoms with Gasteiger partial charge in [-0.2, -0.15) is 0 Å². The Labute approximate surface area is 96.4 Å². The molecule has 1 aliphatic rings. The second-order valence-corrected chi connectivity index (χ2v) is 5.22. The molecule has 0 aromatic heterocycles. The number of carboxylic acid groups (broad SMARTS) is 1. The smallest absolute Gasteiger partial charge is 0.463 e. The molecule has 0 spiro atoms. The Kier molecular flexibility index (Phi) is 3.67. The summed E-state index contributed by atoms with van der Waals surface area (Å²) >= 11 is 0. The molecule has 6 heteroatoms. The van der Waals surface area contributed by atoms with E-state index in [0.29, 0.717) is 0 Å². The van der Waals surface area contributed by atoms with E-state index in [-0.39, 0.29) is 18.8 Å². The Balaban J connectivity index is 2.73. The highest BCUT2D eigenvalue weighted by molar-refractivity contribution is 6.48. The largest absolute Gasteiger partial charge is 0.481 e. The van der Waals surface area contributed by atoms with Gasteiger partial charge < -0.3 is 20.1 Å². The molecule has 1 atom stereocenters. The molecule has 1 fully saturated rings. The monoisotopic (exact) mass is 229 g/mol. The van der Waals surface area contributed by atoms with Crippen molar-refractivity contribution in [1.29, 1.82) is 0 Å². The van der Waals surface area contributed by atoms with Crippen molar-refractivity contribution in [1.82, 2.24) is 0 Å². The lowest BCUT2D eigenvalue weighted by atomic mass is 9.70. The standard InChI is InChI=1S/C10H20BNO4/c1-9(2)10(3,4)16-11(15-9)7(6-12)5-8(13)14/h7H,5-6,12H2,1-4H3,(H,13,14). The molecular formula is C10H20BNO4. The molecule has 0 saturated carbocycles. The SMILES string of the molecule is CC1(C)OB(C(CN)CC(=O)O)OC1(C)C. The van der Waals surface area contributed by atoms with Crippen LogP contribution in [0.3, 0.4) is 0 Å². The Morgan fingerprint density at radius 2 is 1.75 bits per heavy atom. The zero-order valence-electron chi connectivity index (χ0n) is 10.3. The molecule has 0 radical (unpaired) electrons. The van der Waals surface area contributed by atoms with Crippen molar-refractivity contribution in [2.24, 2.45) is 5.73 Å².